The predicted molar refractivity (Wildman–Crippen MR) is 83.6 cm³/mol. The van der Waals surface area contributed by atoms with Gasteiger partial charge in [-0.15, -0.1) is 22.7 Å². The van der Waals surface area contributed by atoms with E-state index < -0.39 is 5.60 Å². The van der Waals surface area contributed by atoms with Gasteiger partial charge in [0, 0.05) is 16.4 Å². The second-order valence-electron chi connectivity index (χ2n) is 5.09. The van der Waals surface area contributed by atoms with E-state index in [1.165, 1.54) is 22.7 Å². The van der Waals surface area contributed by atoms with Crippen molar-refractivity contribution < 1.29 is 14.6 Å². The summed E-state index contributed by atoms with van der Waals surface area (Å²) in [6, 6.07) is 7.61. The van der Waals surface area contributed by atoms with E-state index in [0.717, 1.165) is 16.2 Å². The quantitative estimate of drug-likeness (QED) is 0.887. The number of ether oxygens (including phenoxy) is 1. The van der Waals surface area contributed by atoms with Crippen LogP contribution < -0.4 is 5.32 Å². The Morgan fingerprint density at radius 2 is 2.00 bits per heavy atom. The molecule has 3 rings (SSSR count). The lowest BCUT2D eigenvalue weighted by atomic mass is 9.99. The van der Waals surface area contributed by atoms with Crippen LogP contribution in [0.15, 0.2) is 35.0 Å². The number of hydrogen-bond donors (Lipinski definition) is 2. The van der Waals surface area contributed by atoms with Crippen LogP contribution in [-0.4, -0.2) is 30.8 Å². The average molecular weight is 323 g/mol. The summed E-state index contributed by atoms with van der Waals surface area (Å²) >= 11 is 2.99. The van der Waals surface area contributed by atoms with E-state index in [4.69, 9.17) is 4.74 Å². The fraction of sp³-hybridized carbons (Fsp3) is 0.400. The highest BCUT2D eigenvalue weighted by molar-refractivity contribution is 7.11. The van der Waals surface area contributed by atoms with Crippen molar-refractivity contribution in [3.05, 3.63) is 44.8 Å². The van der Waals surface area contributed by atoms with Gasteiger partial charge in [-0.3, -0.25) is 4.79 Å². The molecule has 1 fully saturated rings. The summed E-state index contributed by atoms with van der Waals surface area (Å²) in [5.41, 5.74) is -1.16. The van der Waals surface area contributed by atoms with Gasteiger partial charge in [0.05, 0.1) is 19.1 Å². The van der Waals surface area contributed by atoms with E-state index in [0.29, 0.717) is 13.2 Å². The third kappa shape index (κ3) is 3.03. The van der Waals surface area contributed by atoms with Crippen molar-refractivity contribution in [3.8, 4) is 0 Å². The Hall–Kier alpha value is -1.21. The molecular weight excluding hydrogens is 306 g/mol. The van der Waals surface area contributed by atoms with Gasteiger partial charge < -0.3 is 15.2 Å². The number of rotatable bonds is 5. The second kappa shape index (κ2) is 6.27. The maximum Gasteiger partial charge on any atom is 0.225 e. The van der Waals surface area contributed by atoms with E-state index in [1.807, 2.05) is 35.0 Å². The molecule has 1 aliphatic rings. The van der Waals surface area contributed by atoms with E-state index in [1.54, 1.807) is 0 Å². The first-order valence-electron chi connectivity index (χ1n) is 6.86. The number of carbonyl (C=O) groups excluding carboxylic acids is 1. The summed E-state index contributed by atoms with van der Waals surface area (Å²) in [7, 11) is 0. The van der Waals surface area contributed by atoms with Gasteiger partial charge in [-0.05, 0) is 29.3 Å². The Balaban J connectivity index is 1.76. The summed E-state index contributed by atoms with van der Waals surface area (Å²) in [5, 5.41) is 17.8. The molecule has 1 amide bonds. The zero-order valence-electron chi connectivity index (χ0n) is 11.5. The highest BCUT2D eigenvalue weighted by Crippen LogP contribution is 2.35. The number of thiophene rings is 2. The monoisotopic (exact) mass is 323 g/mol. The minimum absolute atomic E-state index is 0.0426. The molecule has 0 aliphatic carbocycles. The minimum Gasteiger partial charge on any atom is -0.381 e. The standard InChI is InChI=1S/C15H17NO3S2/c17-14(11-5-6-19-9-11)16-10-15(18,12-3-1-7-20-12)13-4-2-8-21-13/h1-4,7-8,11,18H,5-6,9-10H2,(H,16,17)/t11-/m1/s1. The van der Waals surface area contributed by atoms with Gasteiger partial charge in [0.15, 0.2) is 0 Å². The van der Waals surface area contributed by atoms with Crippen LogP contribution in [0.4, 0.5) is 0 Å². The molecule has 0 bridgehead atoms. The number of carbonyl (C=O) groups is 1. The molecule has 4 nitrogen and oxygen atoms in total. The fourth-order valence-corrected chi connectivity index (χ4v) is 4.16. The lowest BCUT2D eigenvalue weighted by Gasteiger charge is -2.27. The molecule has 0 aromatic carbocycles. The van der Waals surface area contributed by atoms with Crippen LogP contribution in [0.25, 0.3) is 0 Å². The van der Waals surface area contributed by atoms with Crippen molar-refractivity contribution >= 4 is 28.6 Å². The zero-order valence-corrected chi connectivity index (χ0v) is 13.1. The molecule has 0 spiro atoms. The van der Waals surface area contributed by atoms with Crippen LogP contribution >= 0.6 is 22.7 Å². The Kier molecular flexibility index (Phi) is 4.40. The summed E-state index contributed by atoms with van der Waals surface area (Å²) in [6.07, 6.45) is 0.752. The molecule has 1 aliphatic heterocycles. The van der Waals surface area contributed by atoms with Gasteiger partial charge in [0.1, 0.15) is 5.60 Å². The molecule has 2 N–H and O–H groups in total. The first kappa shape index (κ1) is 14.7. The van der Waals surface area contributed by atoms with Crippen molar-refractivity contribution in [2.24, 2.45) is 5.92 Å². The number of aliphatic hydroxyl groups is 1. The zero-order chi connectivity index (χ0) is 14.7. The maximum absolute atomic E-state index is 12.1. The molecule has 3 heterocycles. The topological polar surface area (TPSA) is 58.6 Å². The van der Waals surface area contributed by atoms with E-state index in [-0.39, 0.29) is 18.4 Å². The molecule has 2 aromatic heterocycles. The number of hydrogen-bond acceptors (Lipinski definition) is 5. The molecule has 112 valence electrons. The highest BCUT2D eigenvalue weighted by Gasteiger charge is 2.35. The van der Waals surface area contributed by atoms with Gasteiger partial charge >= 0.3 is 0 Å². The summed E-state index contributed by atoms with van der Waals surface area (Å²) in [5.74, 6) is -0.139. The second-order valence-corrected chi connectivity index (χ2v) is 6.99. The van der Waals surface area contributed by atoms with Gasteiger partial charge in [0.25, 0.3) is 0 Å². The van der Waals surface area contributed by atoms with E-state index in [9.17, 15) is 9.90 Å². The van der Waals surface area contributed by atoms with Gasteiger partial charge in [-0.2, -0.15) is 0 Å². The van der Waals surface area contributed by atoms with Gasteiger partial charge in [-0.25, -0.2) is 0 Å². The first-order chi connectivity index (χ1) is 10.2. The Morgan fingerprint density at radius 3 is 2.48 bits per heavy atom. The van der Waals surface area contributed by atoms with Crippen molar-refractivity contribution in [1.29, 1.82) is 0 Å². The smallest absolute Gasteiger partial charge is 0.225 e. The SMILES string of the molecule is O=C(NCC(O)(c1cccs1)c1cccs1)[C@@H]1CCOC1. The van der Waals surface area contributed by atoms with Crippen molar-refractivity contribution in [2.45, 2.75) is 12.0 Å². The lowest BCUT2D eigenvalue weighted by Crippen LogP contribution is -2.43. The molecular formula is C15H17NO3S2. The van der Waals surface area contributed by atoms with Crippen LogP contribution in [0, 0.1) is 5.92 Å². The molecule has 6 heteroatoms. The van der Waals surface area contributed by atoms with Crippen LogP contribution in [-0.2, 0) is 15.1 Å². The molecule has 2 aromatic rings. The van der Waals surface area contributed by atoms with Gasteiger partial charge in [0.2, 0.25) is 5.91 Å². The van der Waals surface area contributed by atoms with Crippen molar-refractivity contribution in [3.63, 3.8) is 0 Å². The average Bonchev–Trinajstić information content (AvgIpc) is 3.27. The summed E-state index contributed by atoms with van der Waals surface area (Å²) < 4.78 is 5.24. The van der Waals surface area contributed by atoms with Gasteiger partial charge in [-0.1, -0.05) is 12.1 Å². The van der Waals surface area contributed by atoms with Crippen molar-refractivity contribution in [2.75, 3.05) is 19.8 Å². The largest absolute Gasteiger partial charge is 0.381 e. The Labute approximate surface area is 131 Å². The molecule has 1 saturated heterocycles. The number of nitrogens with one attached hydrogen (secondary N) is 1. The normalized spacial score (nSPS) is 18.8. The van der Waals surface area contributed by atoms with E-state index >= 15 is 0 Å². The highest BCUT2D eigenvalue weighted by atomic mass is 32.1. The molecule has 21 heavy (non-hydrogen) atoms. The maximum atomic E-state index is 12.1. The van der Waals surface area contributed by atoms with Crippen LogP contribution in [0.3, 0.4) is 0 Å². The summed E-state index contributed by atoms with van der Waals surface area (Å²) in [4.78, 5) is 13.8. The lowest BCUT2D eigenvalue weighted by molar-refractivity contribution is -0.125. The van der Waals surface area contributed by atoms with E-state index in [2.05, 4.69) is 5.32 Å². The Bertz CT molecular complexity index is 540. The molecule has 0 radical (unpaired) electrons. The predicted octanol–water partition coefficient (Wildman–Crippen LogP) is 2.20. The van der Waals surface area contributed by atoms with Crippen LogP contribution in [0.2, 0.25) is 0 Å². The molecule has 1 atom stereocenters. The van der Waals surface area contributed by atoms with Crippen LogP contribution in [0.5, 0.6) is 0 Å². The molecule has 0 unspecified atom stereocenters. The summed E-state index contributed by atoms with van der Waals surface area (Å²) in [6.45, 7) is 1.30. The fourth-order valence-electron chi connectivity index (χ4n) is 2.42. The minimum atomic E-state index is -1.16. The van der Waals surface area contributed by atoms with Crippen LogP contribution in [0.1, 0.15) is 16.2 Å². The Morgan fingerprint density at radius 1 is 1.33 bits per heavy atom. The first-order valence-corrected chi connectivity index (χ1v) is 8.62. The third-order valence-electron chi connectivity index (χ3n) is 3.68. The molecule has 0 saturated carbocycles. The third-order valence-corrected chi connectivity index (χ3v) is 5.72. The number of amides is 1. The van der Waals surface area contributed by atoms with Crippen molar-refractivity contribution in [1.82, 2.24) is 5.32 Å².